The highest BCUT2D eigenvalue weighted by atomic mass is 32.1. The fraction of sp³-hybridized carbons (Fsp3) is 0.556. The minimum atomic E-state index is 0.532. The third-order valence-electron chi connectivity index (χ3n) is 4.41. The van der Waals surface area contributed by atoms with Crippen molar-refractivity contribution in [2.45, 2.75) is 52.1 Å². The average Bonchev–Trinajstić information content (AvgIpc) is 2.99. The van der Waals surface area contributed by atoms with E-state index in [2.05, 4.69) is 50.0 Å². The van der Waals surface area contributed by atoms with E-state index >= 15 is 0 Å². The first kappa shape index (κ1) is 16.4. The van der Waals surface area contributed by atoms with Crippen molar-refractivity contribution >= 4 is 17.2 Å². The summed E-state index contributed by atoms with van der Waals surface area (Å²) in [4.78, 5) is 11.4. The van der Waals surface area contributed by atoms with Crippen LogP contribution < -0.4 is 10.2 Å². The van der Waals surface area contributed by atoms with Crippen LogP contribution in [0.25, 0.3) is 0 Å². The Morgan fingerprint density at radius 2 is 2.09 bits per heavy atom. The van der Waals surface area contributed by atoms with Crippen LogP contribution in [0, 0.1) is 13.8 Å². The number of piperidine rings is 1. The third-order valence-corrected chi connectivity index (χ3v) is 5.15. The molecule has 2 aromatic heterocycles. The van der Waals surface area contributed by atoms with Crippen LogP contribution in [-0.4, -0.2) is 35.1 Å². The second-order valence-corrected chi connectivity index (χ2v) is 7.36. The van der Waals surface area contributed by atoms with Crippen LogP contribution >= 0.6 is 11.3 Å². The van der Waals surface area contributed by atoms with Gasteiger partial charge in [-0.25, -0.2) is 9.97 Å². The molecule has 1 aliphatic rings. The molecule has 0 radical (unpaired) electrons. The molecule has 0 amide bonds. The molecular weight excluding hydrogens is 304 g/mol. The van der Waals surface area contributed by atoms with Crippen molar-refractivity contribution in [1.29, 1.82) is 0 Å². The SMILES string of the molecule is Cc1cc(N2CCC(N[C@H](C)Cc3ccsc3)CC2)nc(C)n1. The summed E-state index contributed by atoms with van der Waals surface area (Å²) in [5, 5.41) is 8.21. The first-order valence-electron chi connectivity index (χ1n) is 8.44. The molecule has 3 heterocycles. The highest BCUT2D eigenvalue weighted by molar-refractivity contribution is 7.07. The molecule has 5 heteroatoms. The lowest BCUT2D eigenvalue weighted by Gasteiger charge is -2.34. The van der Waals surface area contributed by atoms with Crippen molar-refractivity contribution in [3.05, 3.63) is 40.0 Å². The van der Waals surface area contributed by atoms with Crippen LogP contribution in [0.2, 0.25) is 0 Å². The molecule has 0 aliphatic carbocycles. The number of nitrogens with zero attached hydrogens (tertiary/aromatic N) is 3. The minimum Gasteiger partial charge on any atom is -0.356 e. The zero-order valence-corrected chi connectivity index (χ0v) is 15.1. The van der Waals surface area contributed by atoms with Crippen LogP contribution in [0.4, 0.5) is 5.82 Å². The lowest BCUT2D eigenvalue weighted by Crippen LogP contribution is -2.46. The van der Waals surface area contributed by atoms with Crippen molar-refractivity contribution in [1.82, 2.24) is 15.3 Å². The quantitative estimate of drug-likeness (QED) is 0.913. The fourth-order valence-corrected chi connectivity index (χ4v) is 4.04. The van der Waals surface area contributed by atoms with E-state index in [-0.39, 0.29) is 0 Å². The topological polar surface area (TPSA) is 41.0 Å². The lowest BCUT2D eigenvalue weighted by atomic mass is 10.0. The van der Waals surface area contributed by atoms with Crippen molar-refractivity contribution in [3.63, 3.8) is 0 Å². The molecule has 0 spiro atoms. The molecule has 0 aromatic carbocycles. The normalized spacial score (nSPS) is 17.4. The molecular formula is C18H26N4S. The average molecular weight is 331 g/mol. The lowest BCUT2D eigenvalue weighted by molar-refractivity contribution is 0.374. The molecule has 1 saturated heterocycles. The van der Waals surface area contributed by atoms with E-state index in [1.165, 1.54) is 18.4 Å². The maximum atomic E-state index is 4.59. The molecule has 0 saturated carbocycles. The van der Waals surface area contributed by atoms with E-state index < -0.39 is 0 Å². The Labute approximate surface area is 143 Å². The van der Waals surface area contributed by atoms with Crippen LogP contribution in [0.15, 0.2) is 22.9 Å². The van der Waals surface area contributed by atoms with Gasteiger partial charge in [-0.15, -0.1) is 0 Å². The Bertz CT molecular complexity index is 598. The van der Waals surface area contributed by atoms with Gasteiger partial charge in [-0.1, -0.05) is 0 Å². The predicted molar refractivity (Wildman–Crippen MR) is 97.4 cm³/mol. The number of thiophene rings is 1. The molecule has 1 fully saturated rings. The third kappa shape index (κ3) is 4.52. The number of nitrogens with one attached hydrogen (secondary N) is 1. The summed E-state index contributed by atoms with van der Waals surface area (Å²) in [5.74, 6) is 1.95. The van der Waals surface area contributed by atoms with E-state index in [0.717, 1.165) is 36.8 Å². The Balaban J connectivity index is 1.50. The van der Waals surface area contributed by atoms with Gasteiger partial charge in [0, 0.05) is 36.9 Å². The number of aryl methyl sites for hydroxylation is 2. The van der Waals surface area contributed by atoms with E-state index in [0.29, 0.717) is 12.1 Å². The number of hydrogen-bond donors (Lipinski definition) is 1. The summed E-state index contributed by atoms with van der Waals surface area (Å²) >= 11 is 1.78. The minimum absolute atomic E-state index is 0.532. The first-order valence-corrected chi connectivity index (χ1v) is 9.39. The van der Waals surface area contributed by atoms with E-state index in [1.807, 2.05) is 13.8 Å². The fourth-order valence-electron chi connectivity index (χ4n) is 3.36. The van der Waals surface area contributed by atoms with Gasteiger partial charge in [0.1, 0.15) is 11.6 Å². The van der Waals surface area contributed by atoms with Crippen LogP contribution in [0.1, 0.15) is 36.8 Å². The van der Waals surface area contributed by atoms with Gasteiger partial charge in [0.2, 0.25) is 0 Å². The maximum Gasteiger partial charge on any atom is 0.132 e. The van der Waals surface area contributed by atoms with Gasteiger partial charge in [-0.2, -0.15) is 11.3 Å². The summed E-state index contributed by atoms with van der Waals surface area (Å²) in [5.41, 5.74) is 2.50. The number of aromatic nitrogens is 2. The van der Waals surface area contributed by atoms with Crippen molar-refractivity contribution in [3.8, 4) is 0 Å². The van der Waals surface area contributed by atoms with Crippen molar-refractivity contribution < 1.29 is 0 Å². The Morgan fingerprint density at radius 3 is 2.74 bits per heavy atom. The molecule has 1 atom stereocenters. The van der Waals surface area contributed by atoms with Crippen LogP contribution in [-0.2, 0) is 6.42 Å². The smallest absolute Gasteiger partial charge is 0.132 e. The number of rotatable bonds is 5. The summed E-state index contributed by atoms with van der Waals surface area (Å²) in [7, 11) is 0. The van der Waals surface area contributed by atoms with E-state index in [9.17, 15) is 0 Å². The second kappa shape index (κ2) is 7.41. The zero-order valence-electron chi connectivity index (χ0n) is 14.2. The van der Waals surface area contributed by atoms with Gasteiger partial charge < -0.3 is 10.2 Å². The van der Waals surface area contributed by atoms with Crippen LogP contribution in [0.5, 0.6) is 0 Å². The molecule has 124 valence electrons. The molecule has 1 N–H and O–H groups in total. The van der Waals surface area contributed by atoms with E-state index in [4.69, 9.17) is 0 Å². The monoisotopic (exact) mass is 330 g/mol. The van der Waals surface area contributed by atoms with E-state index in [1.54, 1.807) is 11.3 Å². The van der Waals surface area contributed by atoms with Gasteiger partial charge in [0.25, 0.3) is 0 Å². The molecule has 23 heavy (non-hydrogen) atoms. The Hall–Kier alpha value is -1.46. The number of hydrogen-bond acceptors (Lipinski definition) is 5. The van der Waals surface area contributed by atoms with Gasteiger partial charge >= 0.3 is 0 Å². The Morgan fingerprint density at radius 1 is 1.30 bits per heavy atom. The maximum absolute atomic E-state index is 4.59. The molecule has 2 aromatic rings. The second-order valence-electron chi connectivity index (χ2n) is 6.58. The summed E-state index contributed by atoms with van der Waals surface area (Å²) in [6, 6.07) is 5.47. The molecule has 0 bridgehead atoms. The standard InChI is InChI=1S/C18H26N4S/c1-13(10-16-6-9-23-12-16)20-17-4-7-22(8-5-17)18-11-14(2)19-15(3)21-18/h6,9,11-13,17,20H,4-5,7-8,10H2,1-3H3/t13-/m1/s1. The predicted octanol–water partition coefficient (Wildman–Crippen LogP) is 3.34. The summed E-state index contributed by atoms with van der Waals surface area (Å²) in [6.07, 6.45) is 3.47. The van der Waals surface area contributed by atoms with Crippen molar-refractivity contribution in [2.75, 3.05) is 18.0 Å². The first-order chi connectivity index (χ1) is 11.1. The Kier molecular flexibility index (Phi) is 5.28. The largest absolute Gasteiger partial charge is 0.356 e. The molecule has 0 unspecified atom stereocenters. The molecule has 4 nitrogen and oxygen atoms in total. The van der Waals surface area contributed by atoms with Gasteiger partial charge in [-0.05, 0) is 62.4 Å². The van der Waals surface area contributed by atoms with Gasteiger partial charge in [0.05, 0.1) is 0 Å². The highest BCUT2D eigenvalue weighted by Gasteiger charge is 2.21. The van der Waals surface area contributed by atoms with Crippen LogP contribution in [0.3, 0.4) is 0 Å². The summed E-state index contributed by atoms with van der Waals surface area (Å²) in [6.45, 7) is 8.44. The molecule has 1 aliphatic heterocycles. The summed E-state index contributed by atoms with van der Waals surface area (Å²) < 4.78 is 0. The zero-order chi connectivity index (χ0) is 16.2. The highest BCUT2D eigenvalue weighted by Crippen LogP contribution is 2.19. The molecule has 3 rings (SSSR count). The van der Waals surface area contributed by atoms with Gasteiger partial charge in [0.15, 0.2) is 0 Å². The van der Waals surface area contributed by atoms with Gasteiger partial charge in [-0.3, -0.25) is 0 Å². The number of anilines is 1. The van der Waals surface area contributed by atoms with Crippen molar-refractivity contribution in [2.24, 2.45) is 0 Å².